The van der Waals surface area contributed by atoms with Crippen LogP contribution in [0, 0.1) is 0 Å². The van der Waals surface area contributed by atoms with E-state index in [2.05, 4.69) is 0 Å². The zero-order valence-corrected chi connectivity index (χ0v) is 14.4. The SMILES string of the molecule is CCc1ccc2c(c1C(C)C(=O)OC)C(C(=O)O)c1ccccc1O2. The number of hydrogen-bond donors (Lipinski definition) is 1. The maximum Gasteiger partial charge on any atom is 0.315 e. The molecule has 3 rings (SSSR count). The third-order valence-electron chi connectivity index (χ3n) is 4.69. The summed E-state index contributed by atoms with van der Waals surface area (Å²) in [5, 5.41) is 9.93. The first-order valence-corrected chi connectivity index (χ1v) is 8.22. The number of para-hydroxylation sites is 1. The Balaban J connectivity index is 2.29. The summed E-state index contributed by atoms with van der Waals surface area (Å²) in [6.07, 6.45) is 0.679. The molecule has 0 spiro atoms. The van der Waals surface area contributed by atoms with Gasteiger partial charge in [-0.25, -0.2) is 0 Å². The highest BCUT2D eigenvalue weighted by Crippen LogP contribution is 2.48. The third kappa shape index (κ3) is 2.76. The zero-order valence-electron chi connectivity index (χ0n) is 14.4. The lowest BCUT2D eigenvalue weighted by Crippen LogP contribution is -2.24. The van der Waals surface area contributed by atoms with Gasteiger partial charge in [-0.05, 0) is 36.6 Å². The van der Waals surface area contributed by atoms with Crippen molar-refractivity contribution in [2.24, 2.45) is 0 Å². The molecule has 0 aromatic heterocycles. The van der Waals surface area contributed by atoms with Gasteiger partial charge in [0.15, 0.2) is 0 Å². The van der Waals surface area contributed by atoms with Crippen LogP contribution >= 0.6 is 0 Å². The molecule has 25 heavy (non-hydrogen) atoms. The molecule has 0 saturated heterocycles. The second kappa shape index (κ2) is 6.59. The van der Waals surface area contributed by atoms with E-state index < -0.39 is 23.8 Å². The van der Waals surface area contributed by atoms with Gasteiger partial charge in [-0.3, -0.25) is 9.59 Å². The van der Waals surface area contributed by atoms with Gasteiger partial charge in [0.05, 0.1) is 13.0 Å². The van der Waals surface area contributed by atoms with Gasteiger partial charge in [0.1, 0.15) is 17.4 Å². The minimum atomic E-state index is -0.969. The predicted octanol–water partition coefficient (Wildman–Crippen LogP) is 3.85. The standard InChI is InChI=1S/C20H20O5/c1-4-12-9-10-15-18(16(12)11(2)20(23)24-3)17(19(21)22)13-7-5-6-8-14(13)25-15/h5-11,17H,4H2,1-3H3,(H,21,22). The molecule has 0 aliphatic carbocycles. The van der Waals surface area contributed by atoms with Crippen molar-refractivity contribution in [3.63, 3.8) is 0 Å². The molecule has 130 valence electrons. The van der Waals surface area contributed by atoms with Gasteiger partial charge in [0.25, 0.3) is 0 Å². The number of aliphatic carboxylic acids is 1. The number of methoxy groups -OCH3 is 1. The van der Waals surface area contributed by atoms with Crippen LogP contribution in [-0.2, 0) is 20.7 Å². The van der Waals surface area contributed by atoms with E-state index in [1.807, 2.05) is 13.0 Å². The van der Waals surface area contributed by atoms with Crippen LogP contribution in [0.25, 0.3) is 0 Å². The van der Waals surface area contributed by atoms with Crippen molar-refractivity contribution in [1.29, 1.82) is 0 Å². The minimum Gasteiger partial charge on any atom is -0.481 e. The Hall–Kier alpha value is -2.82. The Kier molecular flexibility index (Phi) is 4.49. The van der Waals surface area contributed by atoms with E-state index in [0.29, 0.717) is 34.6 Å². The monoisotopic (exact) mass is 340 g/mol. The average Bonchev–Trinajstić information content (AvgIpc) is 2.63. The fraction of sp³-hybridized carbons (Fsp3) is 0.300. The number of aryl methyl sites for hydroxylation is 1. The van der Waals surface area contributed by atoms with Gasteiger partial charge < -0.3 is 14.6 Å². The summed E-state index contributed by atoms with van der Waals surface area (Å²) in [4.78, 5) is 24.3. The number of carbonyl (C=O) groups excluding carboxylic acids is 1. The van der Waals surface area contributed by atoms with Crippen molar-refractivity contribution < 1.29 is 24.2 Å². The normalized spacial score (nSPS) is 16.2. The van der Waals surface area contributed by atoms with Crippen LogP contribution in [0.2, 0.25) is 0 Å². The minimum absolute atomic E-state index is 0.397. The summed E-state index contributed by atoms with van der Waals surface area (Å²) in [6.45, 7) is 3.71. The van der Waals surface area contributed by atoms with Gasteiger partial charge >= 0.3 is 11.9 Å². The van der Waals surface area contributed by atoms with E-state index in [4.69, 9.17) is 9.47 Å². The predicted molar refractivity (Wildman–Crippen MR) is 92.2 cm³/mol. The summed E-state index contributed by atoms with van der Waals surface area (Å²) in [7, 11) is 1.33. The number of carboxylic acids is 1. The molecule has 1 heterocycles. The topological polar surface area (TPSA) is 72.8 Å². The summed E-state index contributed by atoms with van der Waals surface area (Å²) < 4.78 is 10.8. The Morgan fingerprint density at radius 3 is 2.56 bits per heavy atom. The number of fused-ring (bicyclic) bond motifs is 2. The maximum absolute atomic E-state index is 12.2. The molecule has 5 nitrogen and oxygen atoms in total. The number of esters is 1. The quantitative estimate of drug-likeness (QED) is 0.856. The van der Waals surface area contributed by atoms with Gasteiger partial charge in [-0.1, -0.05) is 31.2 Å². The van der Waals surface area contributed by atoms with Crippen LogP contribution in [0.1, 0.15) is 47.9 Å². The molecule has 1 N–H and O–H groups in total. The van der Waals surface area contributed by atoms with Crippen molar-refractivity contribution in [3.8, 4) is 11.5 Å². The van der Waals surface area contributed by atoms with Crippen LogP contribution in [0.4, 0.5) is 0 Å². The Morgan fingerprint density at radius 1 is 1.20 bits per heavy atom. The zero-order chi connectivity index (χ0) is 18.1. The van der Waals surface area contributed by atoms with Gasteiger partial charge in [-0.2, -0.15) is 0 Å². The number of benzene rings is 2. The fourth-order valence-corrected chi connectivity index (χ4v) is 3.51. The van der Waals surface area contributed by atoms with Crippen LogP contribution in [0.15, 0.2) is 36.4 Å². The van der Waals surface area contributed by atoms with Crippen LogP contribution in [0.5, 0.6) is 11.5 Å². The molecule has 0 amide bonds. The van der Waals surface area contributed by atoms with Crippen molar-refractivity contribution in [3.05, 3.63) is 58.7 Å². The molecule has 0 fully saturated rings. The second-order valence-corrected chi connectivity index (χ2v) is 6.06. The highest BCUT2D eigenvalue weighted by Gasteiger charge is 2.37. The molecule has 1 aliphatic heterocycles. The Morgan fingerprint density at radius 2 is 1.92 bits per heavy atom. The fourth-order valence-electron chi connectivity index (χ4n) is 3.51. The molecule has 0 radical (unpaired) electrons. The number of carboxylic acid groups (broad SMARTS) is 1. The summed E-state index contributed by atoms with van der Waals surface area (Å²) in [6, 6.07) is 10.8. The Bertz CT molecular complexity index is 840. The first kappa shape index (κ1) is 17.0. The molecule has 2 atom stereocenters. The van der Waals surface area contributed by atoms with Gasteiger partial charge in [-0.15, -0.1) is 0 Å². The lowest BCUT2D eigenvalue weighted by Gasteiger charge is -2.30. The van der Waals surface area contributed by atoms with E-state index in [9.17, 15) is 14.7 Å². The number of ether oxygens (including phenoxy) is 2. The highest BCUT2D eigenvalue weighted by atomic mass is 16.5. The summed E-state index contributed by atoms with van der Waals surface area (Å²) in [5.41, 5.74) is 2.75. The van der Waals surface area contributed by atoms with E-state index in [-0.39, 0.29) is 0 Å². The molecule has 2 aromatic carbocycles. The van der Waals surface area contributed by atoms with Crippen LogP contribution in [-0.4, -0.2) is 24.2 Å². The van der Waals surface area contributed by atoms with Gasteiger partial charge in [0, 0.05) is 11.1 Å². The molecule has 2 unspecified atom stereocenters. The molecule has 0 bridgehead atoms. The smallest absolute Gasteiger partial charge is 0.315 e. The molecule has 1 aliphatic rings. The van der Waals surface area contributed by atoms with Crippen LogP contribution in [0.3, 0.4) is 0 Å². The lowest BCUT2D eigenvalue weighted by molar-refractivity contribution is -0.142. The molecular weight excluding hydrogens is 320 g/mol. The largest absolute Gasteiger partial charge is 0.481 e. The number of hydrogen-bond acceptors (Lipinski definition) is 4. The first-order valence-electron chi connectivity index (χ1n) is 8.22. The molecule has 0 saturated carbocycles. The molecule has 2 aromatic rings. The Labute approximate surface area is 146 Å². The van der Waals surface area contributed by atoms with Crippen molar-refractivity contribution >= 4 is 11.9 Å². The number of rotatable bonds is 4. The van der Waals surface area contributed by atoms with Crippen LogP contribution < -0.4 is 4.74 Å². The second-order valence-electron chi connectivity index (χ2n) is 6.06. The molecular formula is C20H20O5. The van der Waals surface area contributed by atoms with E-state index >= 15 is 0 Å². The van der Waals surface area contributed by atoms with Gasteiger partial charge in [0.2, 0.25) is 0 Å². The summed E-state index contributed by atoms with van der Waals surface area (Å²) >= 11 is 0. The third-order valence-corrected chi connectivity index (χ3v) is 4.69. The van der Waals surface area contributed by atoms with E-state index in [1.54, 1.807) is 37.3 Å². The van der Waals surface area contributed by atoms with Crippen molar-refractivity contribution in [2.75, 3.05) is 7.11 Å². The lowest BCUT2D eigenvalue weighted by atomic mass is 9.79. The van der Waals surface area contributed by atoms with E-state index in [1.165, 1.54) is 7.11 Å². The average molecular weight is 340 g/mol. The first-order chi connectivity index (χ1) is 12.0. The summed E-state index contributed by atoms with van der Waals surface area (Å²) in [5.74, 6) is -1.81. The van der Waals surface area contributed by atoms with E-state index in [0.717, 1.165) is 5.56 Å². The van der Waals surface area contributed by atoms with Crippen molar-refractivity contribution in [2.45, 2.75) is 32.1 Å². The highest BCUT2D eigenvalue weighted by molar-refractivity contribution is 5.87. The molecule has 5 heteroatoms. The number of carbonyl (C=O) groups is 2. The maximum atomic E-state index is 12.2. The van der Waals surface area contributed by atoms with Crippen molar-refractivity contribution in [1.82, 2.24) is 0 Å².